The fourth-order valence-corrected chi connectivity index (χ4v) is 2.47. The molecule has 0 atom stereocenters. The molecular weight excluding hydrogens is 272 g/mol. The minimum absolute atomic E-state index is 0.580. The van der Waals surface area contributed by atoms with Crippen molar-refractivity contribution in [1.82, 2.24) is 0 Å². The van der Waals surface area contributed by atoms with Gasteiger partial charge in [-0.15, -0.1) is 0 Å². The molecular formula is C16H18O5. The van der Waals surface area contributed by atoms with Crippen LogP contribution < -0.4 is 14.2 Å². The summed E-state index contributed by atoms with van der Waals surface area (Å²) < 4.78 is 16.2. The molecule has 1 aliphatic carbocycles. The summed E-state index contributed by atoms with van der Waals surface area (Å²) in [5, 5.41) is 8.70. The molecule has 0 aromatic heterocycles. The van der Waals surface area contributed by atoms with Gasteiger partial charge in [-0.3, -0.25) is 0 Å². The summed E-state index contributed by atoms with van der Waals surface area (Å²) in [5.41, 5.74) is 2.96. The van der Waals surface area contributed by atoms with Crippen molar-refractivity contribution in [2.24, 2.45) is 0 Å². The van der Waals surface area contributed by atoms with Gasteiger partial charge in [-0.1, -0.05) is 12.2 Å². The Hall–Kier alpha value is -2.43. The Bertz CT molecular complexity index is 614. The lowest BCUT2D eigenvalue weighted by molar-refractivity contribution is -0.131. The summed E-state index contributed by atoms with van der Waals surface area (Å²) in [5.74, 6) is 0.889. The van der Waals surface area contributed by atoms with Crippen LogP contribution in [0.15, 0.2) is 23.8 Å². The second-order valence-electron chi connectivity index (χ2n) is 4.60. The Morgan fingerprint density at radius 3 is 2.43 bits per heavy atom. The lowest BCUT2D eigenvalue weighted by Crippen LogP contribution is -2.05. The highest BCUT2D eigenvalue weighted by atomic mass is 16.5. The quantitative estimate of drug-likeness (QED) is 0.845. The first-order valence-electron chi connectivity index (χ1n) is 6.54. The Labute approximate surface area is 123 Å². The van der Waals surface area contributed by atoms with E-state index in [1.54, 1.807) is 27.4 Å². The molecule has 1 aromatic rings. The van der Waals surface area contributed by atoms with Crippen LogP contribution in [-0.4, -0.2) is 32.4 Å². The molecule has 0 bridgehead atoms. The third-order valence-corrected chi connectivity index (χ3v) is 3.41. The van der Waals surface area contributed by atoms with Crippen LogP contribution >= 0.6 is 0 Å². The topological polar surface area (TPSA) is 65.0 Å². The Morgan fingerprint density at radius 1 is 1.14 bits per heavy atom. The van der Waals surface area contributed by atoms with Gasteiger partial charge in [-0.25, -0.2) is 4.79 Å². The molecule has 0 saturated carbocycles. The van der Waals surface area contributed by atoms with E-state index < -0.39 is 5.97 Å². The number of benzene rings is 1. The Balaban J connectivity index is 2.51. The van der Waals surface area contributed by atoms with Crippen molar-refractivity contribution < 1.29 is 24.1 Å². The third kappa shape index (κ3) is 3.02. The molecule has 0 radical (unpaired) electrons. The number of allylic oxidation sites excluding steroid dienone is 2. The van der Waals surface area contributed by atoms with Crippen LogP contribution in [0.3, 0.4) is 0 Å². The number of fused-ring (bicyclic) bond motifs is 1. The van der Waals surface area contributed by atoms with Gasteiger partial charge >= 0.3 is 5.97 Å². The van der Waals surface area contributed by atoms with E-state index in [4.69, 9.17) is 19.3 Å². The number of carboxylic acids is 1. The number of aliphatic carboxylic acids is 1. The number of hydrogen-bond donors (Lipinski definition) is 1. The molecule has 0 aliphatic heterocycles. The first-order valence-corrected chi connectivity index (χ1v) is 6.54. The molecule has 1 aliphatic rings. The van der Waals surface area contributed by atoms with Crippen molar-refractivity contribution in [3.05, 3.63) is 34.9 Å². The summed E-state index contributed by atoms with van der Waals surface area (Å²) >= 11 is 0. The van der Waals surface area contributed by atoms with Gasteiger partial charge in [0, 0.05) is 11.6 Å². The minimum atomic E-state index is -0.952. The van der Waals surface area contributed by atoms with Crippen LogP contribution in [0.25, 0.3) is 6.08 Å². The lowest BCUT2D eigenvalue weighted by atomic mass is 9.90. The number of rotatable bonds is 5. The number of ether oxygens (including phenoxy) is 3. The van der Waals surface area contributed by atoms with E-state index in [9.17, 15) is 4.79 Å². The maximum absolute atomic E-state index is 10.6. The maximum Gasteiger partial charge on any atom is 0.328 e. The highest BCUT2D eigenvalue weighted by Crippen LogP contribution is 2.44. The van der Waals surface area contributed by atoms with E-state index in [1.165, 1.54) is 0 Å². The molecule has 2 rings (SSSR count). The molecule has 0 unspecified atom stereocenters. The van der Waals surface area contributed by atoms with E-state index in [0.717, 1.165) is 35.6 Å². The smallest absolute Gasteiger partial charge is 0.328 e. The van der Waals surface area contributed by atoms with Gasteiger partial charge in [0.2, 0.25) is 5.75 Å². The molecule has 1 aromatic carbocycles. The van der Waals surface area contributed by atoms with E-state index in [2.05, 4.69) is 0 Å². The molecule has 0 spiro atoms. The van der Waals surface area contributed by atoms with Gasteiger partial charge in [0.25, 0.3) is 0 Å². The summed E-state index contributed by atoms with van der Waals surface area (Å²) in [7, 11) is 4.75. The van der Waals surface area contributed by atoms with Gasteiger partial charge in [0.05, 0.1) is 21.3 Å². The summed E-state index contributed by atoms with van der Waals surface area (Å²) in [6.07, 6.45) is 6.23. The monoisotopic (exact) mass is 290 g/mol. The summed E-state index contributed by atoms with van der Waals surface area (Å²) in [6, 6.07) is 1.88. The van der Waals surface area contributed by atoms with Crippen LogP contribution in [0.1, 0.15) is 17.5 Å². The van der Waals surface area contributed by atoms with E-state index in [-0.39, 0.29) is 0 Å². The summed E-state index contributed by atoms with van der Waals surface area (Å²) in [4.78, 5) is 10.6. The minimum Gasteiger partial charge on any atom is -0.493 e. The van der Waals surface area contributed by atoms with Gasteiger partial charge < -0.3 is 19.3 Å². The largest absolute Gasteiger partial charge is 0.493 e. The number of hydrogen-bond acceptors (Lipinski definition) is 4. The average molecular weight is 290 g/mol. The Morgan fingerprint density at radius 2 is 1.86 bits per heavy atom. The molecule has 0 saturated heterocycles. The van der Waals surface area contributed by atoms with Crippen molar-refractivity contribution in [2.45, 2.75) is 12.8 Å². The van der Waals surface area contributed by atoms with Crippen LogP contribution in [0.2, 0.25) is 0 Å². The van der Waals surface area contributed by atoms with Crippen molar-refractivity contribution in [2.75, 3.05) is 21.3 Å². The van der Waals surface area contributed by atoms with Gasteiger partial charge in [0.1, 0.15) is 0 Å². The molecule has 1 N–H and O–H groups in total. The molecule has 0 heterocycles. The van der Waals surface area contributed by atoms with Crippen molar-refractivity contribution >= 4 is 12.0 Å². The molecule has 5 heteroatoms. The zero-order valence-electron chi connectivity index (χ0n) is 12.3. The molecule has 112 valence electrons. The van der Waals surface area contributed by atoms with E-state index >= 15 is 0 Å². The fourth-order valence-electron chi connectivity index (χ4n) is 2.47. The predicted octanol–water partition coefficient (Wildman–Crippen LogP) is 2.68. The summed E-state index contributed by atoms with van der Waals surface area (Å²) in [6.45, 7) is 0. The molecule has 0 amide bonds. The van der Waals surface area contributed by atoms with Gasteiger partial charge in [0.15, 0.2) is 11.5 Å². The third-order valence-electron chi connectivity index (χ3n) is 3.41. The Kier molecular flexibility index (Phi) is 4.52. The SMILES string of the molecule is COc1cc2c(c(OC)c1OC)CCC(/C=C/C(=O)O)=C2. The second kappa shape index (κ2) is 6.35. The average Bonchev–Trinajstić information content (AvgIpc) is 2.50. The van der Waals surface area contributed by atoms with Crippen LogP contribution in [0.4, 0.5) is 0 Å². The fraction of sp³-hybridized carbons (Fsp3) is 0.312. The van der Waals surface area contributed by atoms with Gasteiger partial charge in [-0.2, -0.15) is 0 Å². The van der Waals surface area contributed by atoms with Crippen LogP contribution in [-0.2, 0) is 11.2 Å². The van der Waals surface area contributed by atoms with Crippen molar-refractivity contribution in [1.29, 1.82) is 0 Å². The number of carboxylic acid groups (broad SMARTS) is 1. The lowest BCUT2D eigenvalue weighted by Gasteiger charge is -2.21. The van der Waals surface area contributed by atoms with Crippen molar-refractivity contribution in [3.8, 4) is 17.2 Å². The molecule has 0 fully saturated rings. The normalized spacial score (nSPS) is 13.6. The molecule has 21 heavy (non-hydrogen) atoms. The highest BCUT2D eigenvalue weighted by molar-refractivity contribution is 5.81. The number of carbonyl (C=O) groups is 1. The first-order chi connectivity index (χ1) is 10.1. The first kappa shape index (κ1) is 15.0. The van der Waals surface area contributed by atoms with E-state index in [0.29, 0.717) is 17.2 Å². The zero-order valence-corrected chi connectivity index (χ0v) is 12.3. The van der Waals surface area contributed by atoms with Gasteiger partial charge in [-0.05, 0) is 30.0 Å². The van der Waals surface area contributed by atoms with E-state index in [1.807, 2.05) is 12.1 Å². The van der Waals surface area contributed by atoms with Crippen LogP contribution in [0, 0.1) is 0 Å². The van der Waals surface area contributed by atoms with Crippen molar-refractivity contribution in [3.63, 3.8) is 0 Å². The molecule has 5 nitrogen and oxygen atoms in total. The zero-order chi connectivity index (χ0) is 15.4. The predicted molar refractivity (Wildman–Crippen MR) is 79.2 cm³/mol. The highest BCUT2D eigenvalue weighted by Gasteiger charge is 2.22. The standard InChI is InChI=1S/C16H18O5/c1-19-13-9-11-8-10(5-7-14(17)18)4-6-12(11)15(20-2)16(13)21-3/h5,7-9H,4,6H2,1-3H3,(H,17,18)/b7-5+. The van der Waals surface area contributed by atoms with Crippen LogP contribution in [0.5, 0.6) is 17.2 Å². The number of methoxy groups -OCH3 is 3. The maximum atomic E-state index is 10.6. The second-order valence-corrected chi connectivity index (χ2v) is 4.60.